The molecule has 3 rings (SSSR count). The van der Waals surface area contributed by atoms with Gasteiger partial charge in [0.05, 0.1) is 17.5 Å². The van der Waals surface area contributed by atoms with Crippen molar-refractivity contribution in [3.05, 3.63) is 35.9 Å². The molecular weight excluding hydrogens is 254 g/mol. The molecule has 2 heterocycles. The zero-order chi connectivity index (χ0) is 12.8. The minimum absolute atomic E-state index is 0.0102. The fraction of sp³-hybridized carbons (Fsp3) is 0.417. The Morgan fingerprint density at radius 3 is 2.67 bits per heavy atom. The second-order valence-electron chi connectivity index (χ2n) is 4.68. The van der Waals surface area contributed by atoms with Gasteiger partial charge in [0.1, 0.15) is 6.10 Å². The van der Waals surface area contributed by atoms with Gasteiger partial charge in [0.15, 0.2) is 9.84 Å². The van der Waals surface area contributed by atoms with E-state index in [2.05, 4.69) is 0 Å². The zero-order valence-corrected chi connectivity index (χ0v) is 10.5. The second-order valence-corrected chi connectivity index (χ2v) is 6.83. The third kappa shape index (κ3) is 1.96. The van der Waals surface area contributed by atoms with E-state index in [1.54, 1.807) is 0 Å². The maximum absolute atomic E-state index is 11.7. The first-order chi connectivity index (χ1) is 8.55. The number of carbonyl (C=O) groups excluding carboxylic acids is 1. The van der Waals surface area contributed by atoms with Crippen LogP contribution >= 0.6 is 0 Å². The van der Waals surface area contributed by atoms with Crippen LogP contribution in [0.15, 0.2) is 30.3 Å². The molecule has 0 N–H and O–H groups in total. The van der Waals surface area contributed by atoms with E-state index >= 15 is 0 Å². The van der Waals surface area contributed by atoms with Crippen LogP contribution < -0.4 is 0 Å². The van der Waals surface area contributed by atoms with Crippen molar-refractivity contribution in [2.24, 2.45) is 0 Å². The summed E-state index contributed by atoms with van der Waals surface area (Å²) >= 11 is 0. The van der Waals surface area contributed by atoms with Crippen molar-refractivity contribution in [3.8, 4) is 0 Å². The van der Waals surface area contributed by atoms with Gasteiger partial charge in [-0.25, -0.2) is 13.2 Å². The lowest BCUT2D eigenvalue weighted by Gasteiger charge is -2.19. The lowest BCUT2D eigenvalue weighted by Crippen LogP contribution is -2.36. The van der Waals surface area contributed by atoms with Crippen molar-refractivity contribution in [1.29, 1.82) is 0 Å². The molecule has 1 amide bonds. The molecule has 5 nitrogen and oxygen atoms in total. The summed E-state index contributed by atoms with van der Waals surface area (Å²) in [5.74, 6) is -0.0368. The molecule has 2 aliphatic heterocycles. The molecule has 0 spiro atoms. The molecular formula is C12H13NO4S. The van der Waals surface area contributed by atoms with Crippen LogP contribution in [0.3, 0.4) is 0 Å². The predicted molar refractivity (Wildman–Crippen MR) is 64.7 cm³/mol. The van der Waals surface area contributed by atoms with Gasteiger partial charge in [0.25, 0.3) is 0 Å². The Labute approximate surface area is 105 Å². The Hall–Kier alpha value is -1.56. The normalized spacial score (nSPS) is 29.1. The van der Waals surface area contributed by atoms with Crippen LogP contribution in [0, 0.1) is 0 Å². The van der Waals surface area contributed by atoms with E-state index in [1.165, 1.54) is 4.90 Å². The van der Waals surface area contributed by atoms with Gasteiger partial charge < -0.3 is 4.74 Å². The highest BCUT2D eigenvalue weighted by molar-refractivity contribution is 7.91. The Balaban J connectivity index is 1.82. The Kier molecular flexibility index (Phi) is 2.55. The van der Waals surface area contributed by atoms with Crippen molar-refractivity contribution >= 4 is 15.9 Å². The molecule has 2 fully saturated rings. The van der Waals surface area contributed by atoms with E-state index in [4.69, 9.17) is 4.74 Å². The van der Waals surface area contributed by atoms with Crippen LogP contribution in [-0.4, -0.2) is 43.1 Å². The number of nitrogens with zero attached hydrogens (tertiary/aromatic N) is 1. The summed E-state index contributed by atoms with van der Waals surface area (Å²) < 4.78 is 28.2. The van der Waals surface area contributed by atoms with Crippen molar-refractivity contribution in [2.75, 3.05) is 11.5 Å². The summed E-state index contributed by atoms with van der Waals surface area (Å²) in [4.78, 5) is 13.2. The summed E-state index contributed by atoms with van der Waals surface area (Å²) in [7, 11) is -3.07. The molecule has 6 heteroatoms. The predicted octanol–water partition coefficient (Wildman–Crippen LogP) is 0.804. The SMILES string of the molecule is O=C1O[C@@H]2CS(=O)(=O)C[C@@H]2N1Cc1ccccc1. The maximum Gasteiger partial charge on any atom is 0.410 e. The van der Waals surface area contributed by atoms with Crippen LogP contribution in [0.2, 0.25) is 0 Å². The summed E-state index contributed by atoms with van der Waals surface area (Å²) in [5.41, 5.74) is 0.972. The molecule has 2 aliphatic rings. The smallest absolute Gasteiger partial charge is 0.410 e. The first-order valence-electron chi connectivity index (χ1n) is 5.77. The summed E-state index contributed by atoms with van der Waals surface area (Å²) in [6, 6.07) is 9.16. The van der Waals surface area contributed by atoms with Crippen molar-refractivity contribution < 1.29 is 17.9 Å². The molecule has 0 aromatic heterocycles. The van der Waals surface area contributed by atoms with E-state index in [0.29, 0.717) is 6.54 Å². The maximum atomic E-state index is 11.7. The summed E-state index contributed by atoms with van der Waals surface area (Å²) in [6.45, 7) is 0.399. The molecule has 1 aromatic carbocycles. The second kappa shape index (κ2) is 3.98. The molecule has 0 aliphatic carbocycles. The minimum atomic E-state index is -3.07. The highest BCUT2D eigenvalue weighted by atomic mass is 32.2. The zero-order valence-electron chi connectivity index (χ0n) is 9.65. The Bertz CT molecular complexity index is 569. The van der Waals surface area contributed by atoms with Crippen LogP contribution in [0.4, 0.5) is 4.79 Å². The van der Waals surface area contributed by atoms with Gasteiger partial charge in [-0.05, 0) is 5.56 Å². The van der Waals surface area contributed by atoms with Crippen molar-refractivity contribution in [1.82, 2.24) is 4.90 Å². The number of hydrogen-bond donors (Lipinski definition) is 0. The monoisotopic (exact) mass is 267 g/mol. The average Bonchev–Trinajstić information content (AvgIpc) is 2.74. The van der Waals surface area contributed by atoms with E-state index in [-0.39, 0.29) is 17.5 Å². The standard InChI is InChI=1S/C12H13NO4S/c14-12-13(6-9-4-2-1-3-5-9)10-7-18(15,16)8-11(10)17-12/h1-5,10-11H,6-8H2/t10-,11+/m0/s1. The number of rotatable bonds is 2. The Morgan fingerprint density at radius 2 is 1.94 bits per heavy atom. The number of ether oxygens (including phenoxy) is 1. The van der Waals surface area contributed by atoms with Crippen LogP contribution in [0.5, 0.6) is 0 Å². The van der Waals surface area contributed by atoms with Crippen molar-refractivity contribution in [2.45, 2.75) is 18.7 Å². The average molecular weight is 267 g/mol. The molecule has 2 atom stereocenters. The van der Waals surface area contributed by atoms with Gasteiger partial charge >= 0.3 is 6.09 Å². The summed E-state index contributed by atoms with van der Waals surface area (Å²) in [5, 5.41) is 0. The molecule has 2 saturated heterocycles. The van der Waals surface area contributed by atoms with E-state index < -0.39 is 22.0 Å². The van der Waals surface area contributed by atoms with Gasteiger partial charge in [0.2, 0.25) is 0 Å². The largest absolute Gasteiger partial charge is 0.443 e. The fourth-order valence-electron chi connectivity index (χ4n) is 2.49. The van der Waals surface area contributed by atoms with E-state index in [1.807, 2.05) is 30.3 Å². The number of fused-ring (bicyclic) bond motifs is 1. The lowest BCUT2D eigenvalue weighted by molar-refractivity contribution is 0.138. The molecule has 0 unspecified atom stereocenters. The van der Waals surface area contributed by atoms with Crippen LogP contribution in [0.25, 0.3) is 0 Å². The quantitative estimate of drug-likeness (QED) is 0.795. The highest BCUT2D eigenvalue weighted by Gasteiger charge is 2.50. The fourth-order valence-corrected chi connectivity index (χ4v) is 4.34. The first-order valence-corrected chi connectivity index (χ1v) is 7.59. The van der Waals surface area contributed by atoms with Gasteiger partial charge in [-0.3, -0.25) is 4.90 Å². The molecule has 0 radical (unpaired) electrons. The topological polar surface area (TPSA) is 63.7 Å². The molecule has 18 heavy (non-hydrogen) atoms. The van der Waals surface area contributed by atoms with Gasteiger partial charge in [-0.1, -0.05) is 30.3 Å². The third-order valence-electron chi connectivity index (χ3n) is 3.35. The van der Waals surface area contributed by atoms with E-state index in [9.17, 15) is 13.2 Å². The summed E-state index contributed by atoms with van der Waals surface area (Å²) in [6.07, 6.45) is -0.907. The number of amides is 1. The number of sulfone groups is 1. The molecule has 96 valence electrons. The number of benzene rings is 1. The van der Waals surface area contributed by atoms with Crippen molar-refractivity contribution in [3.63, 3.8) is 0 Å². The first kappa shape index (κ1) is 11.5. The van der Waals surface area contributed by atoms with Gasteiger partial charge in [-0.15, -0.1) is 0 Å². The minimum Gasteiger partial charge on any atom is -0.443 e. The molecule has 0 bridgehead atoms. The van der Waals surface area contributed by atoms with Crippen LogP contribution in [0.1, 0.15) is 5.56 Å². The Morgan fingerprint density at radius 1 is 1.22 bits per heavy atom. The number of carbonyl (C=O) groups is 1. The third-order valence-corrected chi connectivity index (χ3v) is 5.04. The molecule has 0 saturated carbocycles. The van der Waals surface area contributed by atoms with Gasteiger partial charge in [0, 0.05) is 6.54 Å². The van der Waals surface area contributed by atoms with Crippen LogP contribution in [-0.2, 0) is 21.1 Å². The van der Waals surface area contributed by atoms with E-state index in [0.717, 1.165) is 5.56 Å². The highest BCUT2D eigenvalue weighted by Crippen LogP contribution is 2.29. The molecule has 1 aromatic rings. The number of hydrogen-bond acceptors (Lipinski definition) is 4. The lowest BCUT2D eigenvalue weighted by atomic mass is 10.1. The van der Waals surface area contributed by atoms with Gasteiger partial charge in [-0.2, -0.15) is 0 Å².